The van der Waals surface area contributed by atoms with Crippen molar-refractivity contribution >= 4 is 11.9 Å². The first-order chi connectivity index (χ1) is 12.5. The van der Waals surface area contributed by atoms with Crippen molar-refractivity contribution in [2.45, 2.75) is 18.9 Å². The van der Waals surface area contributed by atoms with Gasteiger partial charge in [-0.25, -0.2) is 4.79 Å². The monoisotopic (exact) mass is 351 g/mol. The molecule has 0 radical (unpaired) electrons. The molecule has 1 heterocycles. The smallest absolute Gasteiger partial charge is 0.317 e. The van der Waals surface area contributed by atoms with E-state index in [1.165, 1.54) is 4.90 Å². The summed E-state index contributed by atoms with van der Waals surface area (Å²) in [6.45, 7) is 1.33. The van der Waals surface area contributed by atoms with Gasteiger partial charge in [0.15, 0.2) is 0 Å². The molecule has 0 unspecified atom stereocenters. The number of nitrogens with zero attached hydrogens (tertiary/aromatic N) is 2. The van der Waals surface area contributed by atoms with Crippen LogP contribution in [0.15, 0.2) is 54.6 Å². The van der Waals surface area contributed by atoms with E-state index in [0.29, 0.717) is 18.7 Å². The van der Waals surface area contributed by atoms with Crippen LogP contribution in [-0.4, -0.2) is 55.0 Å². The first-order valence-electron chi connectivity index (χ1n) is 8.97. The minimum atomic E-state index is -0.0775. The summed E-state index contributed by atoms with van der Waals surface area (Å²) >= 11 is 0. The fourth-order valence-electron chi connectivity index (χ4n) is 3.15. The molecule has 1 saturated heterocycles. The van der Waals surface area contributed by atoms with Crippen molar-refractivity contribution in [2.24, 2.45) is 0 Å². The number of likely N-dealkylation sites (tertiary alicyclic amines) is 1. The van der Waals surface area contributed by atoms with Gasteiger partial charge in [-0.3, -0.25) is 4.79 Å². The molecule has 0 saturated carbocycles. The Balaban J connectivity index is 1.58. The van der Waals surface area contributed by atoms with Gasteiger partial charge in [-0.05, 0) is 36.1 Å². The number of piperidine rings is 1. The van der Waals surface area contributed by atoms with Gasteiger partial charge in [0.05, 0.1) is 0 Å². The number of urea groups is 1. The summed E-state index contributed by atoms with van der Waals surface area (Å²) in [5.41, 5.74) is 2.96. The van der Waals surface area contributed by atoms with Gasteiger partial charge in [-0.15, -0.1) is 0 Å². The summed E-state index contributed by atoms with van der Waals surface area (Å²) in [7, 11) is 3.46. The molecule has 2 aromatic carbocycles. The third-order valence-electron chi connectivity index (χ3n) is 4.75. The van der Waals surface area contributed by atoms with Gasteiger partial charge < -0.3 is 15.1 Å². The normalized spacial score (nSPS) is 14.8. The number of carbonyl (C=O) groups is 2. The lowest BCUT2D eigenvalue weighted by Gasteiger charge is -2.33. The van der Waals surface area contributed by atoms with E-state index >= 15 is 0 Å². The van der Waals surface area contributed by atoms with Crippen LogP contribution >= 0.6 is 0 Å². The second-order valence-corrected chi connectivity index (χ2v) is 6.85. The highest BCUT2D eigenvalue weighted by molar-refractivity contribution is 5.94. The van der Waals surface area contributed by atoms with Crippen LogP contribution in [0.5, 0.6) is 0 Å². The third-order valence-corrected chi connectivity index (χ3v) is 4.75. The topological polar surface area (TPSA) is 52.7 Å². The number of hydrogen-bond donors (Lipinski definition) is 1. The molecule has 5 heteroatoms. The van der Waals surface area contributed by atoms with Crippen LogP contribution in [0.3, 0.4) is 0 Å². The summed E-state index contributed by atoms with van der Waals surface area (Å²) in [5, 5.41) is 2.99. The maximum Gasteiger partial charge on any atom is 0.317 e. The minimum absolute atomic E-state index is 0.0574. The molecule has 1 aliphatic heterocycles. The average Bonchev–Trinajstić information content (AvgIpc) is 2.69. The fraction of sp³-hybridized carbons (Fsp3) is 0.333. The zero-order valence-corrected chi connectivity index (χ0v) is 15.3. The van der Waals surface area contributed by atoms with Gasteiger partial charge in [0.25, 0.3) is 5.91 Å². The second-order valence-electron chi connectivity index (χ2n) is 6.85. The molecule has 26 heavy (non-hydrogen) atoms. The van der Waals surface area contributed by atoms with Gasteiger partial charge in [0, 0.05) is 38.8 Å². The third kappa shape index (κ3) is 4.23. The maximum absolute atomic E-state index is 12.7. The number of hydrogen-bond acceptors (Lipinski definition) is 2. The van der Waals surface area contributed by atoms with Crippen molar-refractivity contribution in [3.63, 3.8) is 0 Å². The van der Waals surface area contributed by atoms with Crippen LogP contribution in [0.4, 0.5) is 4.79 Å². The van der Waals surface area contributed by atoms with Crippen molar-refractivity contribution in [3.05, 3.63) is 60.2 Å². The molecule has 0 bridgehead atoms. The summed E-state index contributed by atoms with van der Waals surface area (Å²) in [4.78, 5) is 27.9. The van der Waals surface area contributed by atoms with Crippen molar-refractivity contribution in [3.8, 4) is 11.1 Å². The molecule has 0 spiro atoms. The Hall–Kier alpha value is -2.82. The first-order valence-corrected chi connectivity index (χ1v) is 8.97. The molecule has 136 valence electrons. The molecule has 0 aromatic heterocycles. The second kappa shape index (κ2) is 8.04. The molecule has 1 N–H and O–H groups in total. The van der Waals surface area contributed by atoms with Crippen LogP contribution in [0.1, 0.15) is 23.2 Å². The maximum atomic E-state index is 12.7. The van der Waals surface area contributed by atoms with Crippen LogP contribution in [0.2, 0.25) is 0 Å². The quantitative estimate of drug-likeness (QED) is 0.923. The van der Waals surface area contributed by atoms with E-state index in [9.17, 15) is 9.59 Å². The molecule has 3 rings (SSSR count). The fourth-order valence-corrected chi connectivity index (χ4v) is 3.15. The molecule has 1 fully saturated rings. The first kappa shape index (κ1) is 18.0. The standard InChI is InChI=1S/C21H25N3O2/c1-23(2)21(26)22-19-12-14-24(15-13-19)20(25)18-10-8-17(9-11-18)16-6-4-3-5-7-16/h3-11,19H,12-15H2,1-2H3,(H,22,26). The average molecular weight is 351 g/mol. The van der Waals surface area contributed by atoms with Crippen molar-refractivity contribution in [1.82, 2.24) is 15.1 Å². The number of carbonyl (C=O) groups excluding carboxylic acids is 2. The zero-order valence-electron chi connectivity index (χ0n) is 15.3. The molecule has 5 nitrogen and oxygen atoms in total. The van der Waals surface area contributed by atoms with Crippen molar-refractivity contribution < 1.29 is 9.59 Å². The highest BCUT2D eigenvalue weighted by atomic mass is 16.2. The molecule has 0 atom stereocenters. The Morgan fingerprint density at radius 1 is 0.923 bits per heavy atom. The van der Waals surface area contributed by atoms with Crippen LogP contribution < -0.4 is 5.32 Å². The highest BCUT2D eigenvalue weighted by Gasteiger charge is 2.24. The Morgan fingerprint density at radius 3 is 2.08 bits per heavy atom. The largest absolute Gasteiger partial charge is 0.338 e. The molecular weight excluding hydrogens is 326 g/mol. The van der Waals surface area contributed by atoms with E-state index in [4.69, 9.17) is 0 Å². The number of amides is 3. The molecule has 0 aliphatic carbocycles. The molecule has 1 aliphatic rings. The van der Waals surface area contributed by atoms with E-state index < -0.39 is 0 Å². The lowest BCUT2D eigenvalue weighted by molar-refractivity contribution is 0.0707. The summed E-state index contributed by atoms with van der Waals surface area (Å²) in [5.74, 6) is 0.0574. The van der Waals surface area contributed by atoms with Gasteiger partial charge in [-0.2, -0.15) is 0 Å². The number of rotatable bonds is 3. The van der Waals surface area contributed by atoms with Gasteiger partial charge in [0.2, 0.25) is 0 Å². The Bertz CT molecular complexity index is 749. The van der Waals surface area contributed by atoms with E-state index in [0.717, 1.165) is 24.0 Å². The Morgan fingerprint density at radius 2 is 1.50 bits per heavy atom. The predicted octanol–water partition coefficient (Wildman–Crippen LogP) is 3.23. The Kier molecular flexibility index (Phi) is 5.56. The number of benzene rings is 2. The molecular formula is C21H25N3O2. The Labute approximate surface area is 154 Å². The van der Waals surface area contributed by atoms with E-state index in [2.05, 4.69) is 17.4 Å². The zero-order chi connectivity index (χ0) is 18.5. The van der Waals surface area contributed by atoms with Crippen LogP contribution in [0.25, 0.3) is 11.1 Å². The van der Waals surface area contributed by atoms with Crippen LogP contribution in [-0.2, 0) is 0 Å². The van der Waals surface area contributed by atoms with Gasteiger partial charge in [-0.1, -0.05) is 42.5 Å². The van der Waals surface area contributed by atoms with E-state index in [-0.39, 0.29) is 18.0 Å². The van der Waals surface area contributed by atoms with Gasteiger partial charge in [0.1, 0.15) is 0 Å². The lowest BCUT2D eigenvalue weighted by Crippen LogP contribution is -2.48. The number of nitrogens with one attached hydrogen (secondary N) is 1. The summed E-state index contributed by atoms with van der Waals surface area (Å²) in [6, 6.07) is 18.0. The lowest BCUT2D eigenvalue weighted by atomic mass is 10.0. The van der Waals surface area contributed by atoms with E-state index in [1.54, 1.807) is 14.1 Å². The molecule has 2 aromatic rings. The predicted molar refractivity (Wildman–Crippen MR) is 103 cm³/mol. The van der Waals surface area contributed by atoms with Crippen molar-refractivity contribution in [2.75, 3.05) is 27.2 Å². The summed E-state index contributed by atoms with van der Waals surface area (Å²) < 4.78 is 0. The SMILES string of the molecule is CN(C)C(=O)NC1CCN(C(=O)c2ccc(-c3ccccc3)cc2)CC1. The highest BCUT2D eigenvalue weighted by Crippen LogP contribution is 2.21. The van der Waals surface area contributed by atoms with Gasteiger partial charge >= 0.3 is 6.03 Å². The van der Waals surface area contributed by atoms with E-state index in [1.807, 2.05) is 47.4 Å². The molecule has 3 amide bonds. The van der Waals surface area contributed by atoms with Crippen LogP contribution in [0, 0.1) is 0 Å². The minimum Gasteiger partial charge on any atom is -0.338 e. The van der Waals surface area contributed by atoms with Crippen molar-refractivity contribution in [1.29, 1.82) is 0 Å². The summed E-state index contributed by atoms with van der Waals surface area (Å²) in [6.07, 6.45) is 1.57.